The number of fused-ring (bicyclic) bond motifs is 1. The van der Waals surface area contributed by atoms with Crippen molar-refractivity contribution in [2.45, 2.75) is 19.5 Å². The Labute approximate surface area is 154 Å². The summed E-state index contributed by atoms with van der Waals surface area (Å²) in [5, 5.41) is 11.9. The van der Waals surface area contributed by atoms with Gasteiger partial charge in [0.15, 0.2) is 5.82 Å². The van der Waals surface area contributed by atoms with Crippen LogP contribution in [0.15, 0.2) is 17.1 Å². The number of morpholine rings is 1. The number of hydrogen-bond acceptors (Lipinski definition) is 5. The first-order chi connectivity index (χ1) is 12.9. The van der Waals surface area contributed by atoms with Gasteiger partial charge in [-0.1, -0.05) is 0 Å². The fraction of sp³-hybridized carbons (Fsp3) is 0.444. The third-order valence-corrected chi connectivity index (χ3v) is 4.76. The highest BCUT2D eigenvalue weighted by atomic mass is 19.1. The molecule has 9 heteroatoms. The van der Waals surface area contributed by atoms with E-state index < -0.39 is 28.6 Å². The number of benzene rings is 1. The van der Waals surface area contributed by atoms with E-state index in [2.05, 4.69) is 5.32 Å². The molecule has 1 aromatic heterocycles. The molecule has 0 aliphatic carbocycles. The largest absolute Gasteiger partial charge is 0.477 e. The lowest BCUT2D eigenvalue weighted by molar-refractivity contribution is 0.0694. The smallest absolute Gasteiger partial charge is 0.341 e. The van der Waals surface area contributed by atoms with E-state index in [-0.39, 0.29) is 29.2 Å². The number of carbonyl (C=O) groups is 1. The van der Waals surface area contributed by atoms with Crippen molar-refractivity contribution in [2.75, 3.05) is 38.3 Å². The van der Waals surface area contributed by atoms with Crippen LogP contribution in [0, 0.1) is 11.6 Å². The van der Waals surface area contributed by atoms with Crippen molar-refractivity contribution in [3.8, 4) is 0 Å². The zero-order chi connectivity index (χ0) is 19.7. The molecule has 146 valence electrons. The van der Waals surface area contributed by atoms with E-state index in [4.69, 9.17) is 4.74 Å². The summed E-state index contributed by atoms with van der Waals surface area (Å²) in [4.78, 5) is 25.3. The quantitative estimate of drug-likeness (QED) is 0.815. The molecule has 0 bridgehead atoms. The number of halogens is 2. The number of nitrogens with one attached hydrogen (secondary N) is 1. The number of nitrogens with zero attached hydrogens (tertiary/aromatic N) is 2. The van der Waals surface area contributed by atoms with Crippen molar-refractivity contribution in [3.05, 3.63) is 39.7 Å². The van der Waals surface area contributed by atoms with Crippen LogP contribution >= 0.6 is 0 Å². The molecule has 1 fully saturated rings. The molecule has 1 atom stereocenters. The highest BCUT2D eigenvalue weighted by molar-refractivity contribution is 5.93. The Morgan fingerprint density at radius 3 is 2.81 bits per heavy atom. The van der Waals surface area contributed by atoms with Gasteiger partial charge in [-0.25, -0.2) is 13.6 Å². The summed E-state index contributed by atoms with van der Waals surface area (Å²) in [5.41, 5.74) is -1.75. The van der Waals surface area contributed by atoms with Gasteiger partial charge in [-0.3, -0.25) is 4.79 Å². The van der Waals surface area contributed by atoms with Crippen molar-refractivity contribution in [1.82, 2.24) is 9.88 Å². The van der Waals surface area contributed by atoms with Gasteiger partial charge in [0, 0.05) is 25.8 Å². The molecule has 7 nitrogen and oxygen atoms in total. The lowest BCUT2D eigenvalue weighted by Crippen LogP contribution is -2.50. The lowest BCUT2D eigenvalue weighted by atomic mass is 10.1. The topological polar surface area (TPSA) is 83.8 Å². The minimum Gasteiger partial charge on any atom is -0.477 e. The number of carboxylic acid groups (broad SMARTS) is 1. The number of likely N-dealkylation sites (N-methyl/N-ethyl adjacent to an activating group) is 1. The number of aromatic nitrogens is 1. The van der Waals surface area contributed by atoms with Crippen molar-refractivity contribution in [1.29, 1.82) is 0 Å². The van der Waals surface area contributed by atoms with Crippen molar-refractivity contribution < 1.29 is 23.4 Å². The van der Waals surface area contributed by atoms with E-state index in [1.165, 1.54) is 4.57 Å². The molecule has 1 aliphatic heterocycles. The molecule has 1 aromatic carbocycles. The maximum atomic E-state index is 15.4. The second-order valence-electron chi connectivity index (χ2n) is 6.36. The Morgan fingerprint density at radius 1 is 1.44 bits per heavy atom. The first kappa shape index (κ1) is 19.2. The number of anilines is 1. The molecular formula is C18H21F2N3O4. The highest BCUT2D eigenvalue weighted by Crippen LogP contribution is 2.32. The molecule has 1 unspecified atom stereocenters. The van der Waals surface area contributed by atoms with Crippen LogP contribution in [0.3, 0.4) is 0 Å². The second-order valence-corrected chi connectivity index (χ2v) is 6.36. The van der Waals surface area contributed by atoms with Gasteiger partial charge in [0.2, 0.25) is 5.43 Å². The highest BCUT2D eigenvalue weighted by Gasteiger charge is 2.30. The Bertz CT molecular complexity index is 943. The maximum absolute atomic E-state index is 15.4. The normalized spacial score (nSPS) is 17.5. The van der Waals surface area contributed by atoms with E-state index in [9.17, 15) is 19.1 Å². The number of ether oxygens (including phenoxy) is 1. The number of rotatable bonds is 5. The van der Waals surface area contributed by atoms with Crippen LogP contribution < -0.4 is 15.6 Å². The predicted molar refractivity (Wildman–Crippen MR) is 96.6 cm³/mol. The fourth-order valence-corrected chi connectivity index (χ4v) is 3.50. The first-order valence-electron chi connectivity index (χ1n) is 8.68. The molecule has 0 spiro atoms. The molecule has 2 N–H and O–H groups in total. The second kappa shape index (κ2) is 7.61. The van der Waals surface area contributed by atoms with Gasteiger partial charge >= 0.3 is 5.97 Å². The van der Waals surface area contributed by atoms with Gasteiger partial charge < -0.3 is 24.6 Å². The van der Waals surface area contributed by atoms with Crippen molar-refractivity contribution in [3.63, 3.8) is 0 Å². The van der Waals surface area contributed by atoms with Gasteiger partial charge in [0.05, 0.1) is 30.2 Å². The fourth-order valence-electron chi connectivity index (χ4n) is 3.50. The Balaban J connectivity index is 2.29. The number of hydrogen-bond donors (Lipinski definition) is 2. The summed E-state index contributed by atoms with van der Waals surface area (Å²) in [6.45, 7) is 3.33. The van der Waals surface area contributed by atoms with Crippen LogP contribution in [0.4, 0.5) is 14.5 Å². The van der Waals surface area contributed by atoms with E-state index >= 15 is 4.39 Å². The minimum absolute atomic E-state index is 0.0985. The molecule has 0 saturated carbocycles. The summed E-state index contributed by atoms with van der Waals surface area (Å²) in [6, 6.07) is 0.658. The van der Waals surface area contributed by atoms with Crippen LogP contribution in [0.25, 0.3) is 10.9 Å². The molecule has 0 amide bonds. The third kappa shape index (κ3) is 3.28. The monoisotopic (exact) mass is 381 g/mol. The average molecular weight is 381 g/mol. The SMILES string of the molecule is CCn1cc(C(=O)O)c(=O)c2cc(F)c(N3CCOCC3CNC)c(F)c21. The third-order valence-electron chi connectivity index (χ3n) is 4.76. The van der Waals surface area contributed by atoms with Gasteiger partial charge in [-0.05, 0) is 20.0 Å². The van der Waals surface area contributed by atoms with Crippen LogP contribution in [-0.4, -0.2) is 55.0 Å². The number of aryl methyl sites for hydroxylation is 1. The molecule has 3 rings (SSSR count). The average Bonchev–Trinajstić information content (AvgIpc) is 2.64. The van der Waals surface area contributed by atoms with Gasteiger partial charge in [-0.15, -0.1) is 0 Å². The van der Waals surface area contributed by atoms with Gasteiger partial charge in [0.25, 0.3) is 0 Å². The molecule has 0 radical (unpaired) electrons. The Hall–Kier alpha value is -2.52. The lowest BCUT2D eigenvalue weighted by Gasteiger charge is -2.37. The van der Waals surface area contributed by atoms with E-state index in [1.54, 1.807) is 18.9 Å². The summed E-state index contributed by atoms with van der Waals surface area (Å²) in [6.07, 6.45) is 1.10. The molecule has 1 aliphatic rings. The summed E-state index contributed by atoms with van der Waals surface area (Å²) >= 11 is 0. The molecule has 2 heterocycles. The molecule has 1 saturated heterocycles. The van der Waals surface area contributed by atoms with E-state index in [1.807, 2.05) is 0 Å². The van der Waals surface area contributed by atoms with Gasteiger partial charge in [0.1, 0.15) is 17.1 Å². The standard InChI is InChI=1S/C18H21F2N3O4/c1-3-22-8-12(18(25)26)17(24)11-6-13(19)16(14(20)15(11)22)23-4-5-27-9-10(23)7-21-2/h6,8,10,21H,3-5,7,9H2,1-2H3,(H,25,26). The van der Waals surface area contributed by atoms with E-state index in [0.717, 1.165) is 12.3 Å². The summed E-state index contributed by atoms with van der Waals surface area (Å²) < 4.78 is 37.1. The first-order valence-corrected chi connectivity index (χ1v) is 8.68. The van der Waals surface area contributed by atoms with Crippen molar-refractivity contribution in [2.24, 2.45) is 0 Å². The molecular weight excluding hydrogens is 360 g/mol. The minimum atomic E-state index is -1.43. The van der Waals surface area contributed by atoms with Gasteiger partial charge in [-0.2, -0.15) is 0 Å². The molecule has 27 heavy (non-hydrogen) atoms. The van der Waals surface area contributed by atoms with E-state index in [0.29, 0.717) is 26.3 Å². The Kier molecular flexibility index (Phi) is 5.43. The number of carboxylic acids is 1. The summed E-state index contributed by atoms with van der Waals surface area (Å²) in [7, 11) is 1.74. The van der Waals surface area contributed by atoms with Crippen LogP contribution in [0.2, 0.25) is 0 Å². The number of aromatic carboxylic acids is 1. The number of pyridine rings is 1. The van der Waals surface area contributed by atoms with Crippen molar-refractivity contribution >= 4 is 22.6 Å². The Morgan fingerprint density at radius 2 is 2.19 bits per heavy atom. The molecule has 2 aromatic rings. The summed E-state index contributed by atoms with van der Waals surface area (Å²) in [5.74, 6) is -3.20. The maximum Gasteiger partial charge on any atom is 0.341 e. The van der Waals surface area contributed by atoms with Crippen LogP contribution in [0.1, 0.15) is 17.3 Å². The van der Waals surface area contributed by atoms with Crippen LogP contribution in [0.5, 0.6) is 0 Å². The zero-order valence-corrected chi connectivity index (χ0v) is 15.1. The predicted octanol–water partition coefficient (Wildman–Crippen LogP) is 1.42. The van der Waals surface area contributed by atoms with Crippen LogP contribution in [-0.2, 0) is 11.3 Å². The zero-order valence-electron chi connectivity index (χ0n) is 15.1.